The van der Waals surface area contributed by atoms with Crippen LogP contribution in [0.3, 0.4) is 0 Å². The Kier molecular flexibility index (Phi) is 7.28. The second kappa shape index (κ2) is 9.45. The normalized spacial score (nSPS) is 11.0. The Morgan fingerprint density at radius 3 is 2.62 bits per heavy atom. The number of carbonyl (C=O) groups excluding carboxylic acids is 1. The molecule has 0 unspecified atom stereocenters. The van der Waals surface area contributed by atoms with Gasteiger partial charge in [0.05, 0.1) is 5.56 Å². The summed E-state index contributed by atoms with van der Waals surface area (Å²) in [5.74, 6) is -0.0682. The molecule has 128 valence electrons. The fourth-order valence-corrected chi connectivity index (χ4v) is 3.34. The summed E-state index contributed by atoms with van der Waals surface area (Å²) in [7, 11) is 0. The molecule has 0 fully saturated rings. The second-order valence-electron chi connectivity index (χ2n) is 5.75. The number of pyridine rings is 1. The highest BCUT2D eigenvalue weighted by Crippen LogP contribution is 2.28. The number of benzene rings is 1. The minimum absolute atomic E-state index is 0.0682. The van der Waals surface area contributed by atoms with Crippen LogP contribution in [0.5, 0.6) is 0 Å². The van der Waals surface area contributed by atoms with E-state index in [4.69, 9.17) is 0 Å². The summed E-state index contributed by atoms with van der Waals surface area (Å²) < 4.78 is 0. The number of likely N-dealkylation sites (N-methyl/N-ethyl adjacent to an activating group) is 1. The predicted molar refractivity (Wildman–Crippen MR) is 99.5 cm³/mol. The van der Waals surface area contributed by atoms with Gasteiger partial charge in [-0.25, -0.2) is 4.98 Å². The van der Waals surface area contributed by atoms with Crippen molar-refractivity contribution in [3.8, 4) is 0 Å². The Bertz CT molecular complexity index is 646. The lowest BCUT2D eigenvalue weighted by Crippen LogP contribution is -2.38. The van der Waals surface area contributed by atoms with Crippen molar-refractivity contribution in [1.29, 1.82) is 0 Å². The average molecular weight is 343 g/mol. The highest BCUT2D eigenvalue weighted by molar-refractivity contribution is 7.99. The fourth-order valence-electron chi connectivity index (χ4n) is 2.43. The van der Waals surface area contributed by atoms with Crippen LogP contribution in [0.2, 0.25) is 0 Å². The van der Waals surface area contributed by atoms with Crippen molar-refractivity contribution in [3.63, 3.8) is 0 Å². The van der Waals surface area contributed by atoms with Crippen LogP contribution in [0, 0.1) is 0 Å². The van der Waals surface area contributed by atoms with Crippen LogP contribution in [0.1, 0.15) is 31.1 Å². The molecule has 0 saturated heterocycles. The van der Waals surface area contributed by atoms with E-state index in [1.54, 1.807) is 12.3 Å². The predicted octanol–water partition coefficient (Wildman–Crippen LogP) is 3.69. The van der Waals surface area contributed by atoms with Crippen molar-refractivity contribution in [1.82, 2.24) is 15.2 Å². The van der Waals surface area contributed by atoms with Gasteiger partial charge in [0.15, 0.2) is 0 Å². The molecule has 1 aromatic heterocycles. The number of aromatic nitrogens is 1. The lowest BCUT2D eigenvalue weighted by Gasteiger charge is -2.24. The summed E-state index contributed by atoms with van der Waals surface area (Å²) in [4.78, 5) is 20.3. The van der Waals surface area contributed by atoms with Crippen LogP contribution in [-0.2, 0) is 0 Å². The van der Waals surface area contributed by atoms with E-state index in [9.17, 15) is 4.79 Å². The monoisotopic (exact) mass is 343 g/mol. The van der Waals surface area contributed by atoms with Crippen LogP contribution in [0.4, 0.5) is 0 Å². The molecule has 0 radical (unpaired) electrons. The van der Waals surface area contributed by atoms with E-state index in [0.717, 1.165) is 23.0 Å². The van der Waals surface area contributed by atoms with Gasteiger partial charge in [0.25, 0.3) is 5.91 Å². The van der Waals surface area contributed by atoms with Crippen LogP contribution in [-0.4, -0.2) is 41.5 Å². The molecule has 0 bridgehead atoms. The summed E-state index contributed by atoms with van der Waals surface area (Å²) in [6.07, 6.45) is 1.72. The van der Waals surface area contributed by atoms with Gasteiger partial charge in [0.1, 0.15) is 5.03 Å². The Labute approximate surface area is 148 Å². The number of rotatable bonds is 8. The largest absolute Gasteiger partial charge is 0.351 e. The van der Waals surface area contributed by atoms with Crippen LogP contribution < -0.4 is 5.32 Å². The number of nitrogens with zero attached hydrogens (tertiary/aromatic N) is 2. The van der Waals surface area contributed by atoms with E-state index in [-0.39, 0.29) is 5.91 Å². The van der Waals surface area contributed by atoms with E-state index in [1.807, 2.05) is 36.4 Å². The van der Waals surface area contributed by atoms with Gasteiger partial charge in [-0.1, -0.05) is 36.9 Å². The SMILES string of the molecule is CCN(CCNC(=O)c1cccnc1Sc1ccccc1)C(C)C. The van der Waals surface area contributed by atoms with E-state index >= 15 is 0 Å². The van der Waals surface area contributed by atoms with Crippen molar-refractivity contribution in [2.75, 3.05) is 19.6 Å². The molecule has 5 heteroatoms. The zero-order valence-corrected chi connectivity index (χ0v) is 15.3. The van der Waals surface area contributed by atoms with Crippen LogP contribution in [0.25, 0.3) is 0 Å². The standard InChI is InChI=1S/C19H25N3OS/c1-4-22(15(2)3)14-13-20-18(23)17-11-8-12-21-19(17)24-16-9-6-5-7-10-16/h5-12,15H,4,13-14H2,1-3H3,(H,20,23). The maximum atomic E-state index is 12.5. The zero-order valence-electron chi connectivity index (χ0n) is 14.5. The van der Waals surface area contributed by atoms with E-state index in [1.165, 1.54) is 11.8 Å². The van der Waals surface area contributed by atoms with Gasteiger partial charge in [-0.15, -0.1) is 0 Å². The number of hydrogen-bond donors (Lipinski definition) is 1. The number of nitrogens with one attached hydrogen (secondary N) is 1. The van der Waals surface area contributed by atoms with Crippen molar-refractivity contribution in [3.05, 3.63) is 54.2 Å². The molecule has 4 nitrogen and oxygen atoms in total. The smallest absolute Gasteiger partial charge is 0.254 e. The Morgan fingerprint density at radius 2 is 1.96 bits per heavy atom. The first kappa shape index (κ1) is 18.5. The summed E-state index contributed by atoms with van der Waals surface area (Å²) in [6, 6.07) is 14.1. The lowest BCUT2D eigenvalue weighted by atomic mass is 10.2. The lowest BCUT2D eigenvalue weighted by molar-refractivity contribution is 0.0942. The second-order valence-corrected chi connectivity index (χ2v) is 6.81. The zero-order chi connectivity index (χ0) is 17.4. The molecular formula is C19H25N3OS. The minimum Gasteiger partial charge on any atom is -0.351 e. The molecule has 2 rings (SSSR count). The molecule has 1 amide bonds. The summed E-state index contributed by atoms with van der Waals surface area (Å²) in [5, 5.41) is 3.74. The molecule has 2 aromatic rings. The van der Waals surface area contributed by atoms with E-state index in [2.05, 4.69) is 36.0 Å². The highest BCUT2D eigenvalue weighted by Gasteiger charge is 2.14. The first-order valence-electron chi connectivity index (χ1n) is 8.32. The van der Waals surface area contributed by atoms with Gasteiger partial charge < -0.3 is 5.32 Å². The molecule has 24 heavy (non-hydrogen) atoms. The maximum absolute atomic E-state index is 12.5. The summed E-state index contributed by atoms with van der Waals surface area (Å²) in [5.41, 5.74) is 0.624. The number of hydrogen-bond acceptors (Lipinski definition) is 4. The van der Waals surface area contributed by atoms with Gasteiger partial charge in [0.2, 0.25) is 0 Å². The number of carbonyl (C=O) groups is 1. The Morgan fingerprint density at radius 1 is 1.21 bits per heavy atom. The van der Waals surface area contributed by atoms with Gasteiger partial charge >= 0.3 is 0 Å². The van der Waals surface area contributed by atoms with Gasteiger partial charge in [-0.05, 0) is 44.7 Å². The van der Waals surface area contributed by atoms with Crippen LogP contribution in [0.15, 0.2) is 58.6 Å². The van der Waals surface area contributed by atoms with Crippen molar-refractivity contribution in [2.45, 2.75) is 36.7 Å². The van der Waals surface area contributed by atoms with Crippen molar-refractivity contribution in [2.24, 2.45) is 0 Å². The van der Waals surface area contributed by atoms with Gasteiger partial charge in [-0.3, -0.25) is 9.69 Å². The first-order chi connectivity index (χ1) is 11.6. The highest BCUT2D eigenvalue weighted by atomic mass is 32.2. The third kappa shape index (κ3) is 5.35. The molecule has 1 aromatic carbocycles. The van der Waals surface area contributed by atoms with E-state index in [0.29, 0.717) is 18.2 Å². The fraction of sp³-hybridized carbons (Fsp3) is 0.368. The third-order valence-corrected chi connectivity index (χ3v) is 4.82. The molecule has 0 atom stereocenters. The number of amides is 1. The Hall–Kier alpha value is -1.85. The molecule has 0 spiro atoms. The maximum Gasteiger partial charge on any atom is 0.254 e. The van der Waals surface area contributed by atoms with Crippen molar-refractivity contribution < 1.29 is 4.79 Å². The quantitative estimate of drug-likeness (QED) is 0.794. The molecule has 0 saturated carbocycles. The summed E-state index contributed by atoms with van der Waals surface area (Å²) >= 11 is 1.51. The third-order valence-electron chi connectivity index (χ3n) is 3.79. The molecule has 1 N–H and O–H groups in total. The van der Waals surface area contributed by atoms with Gasteiger partial charge in [0, 0.05) is 30.2 Å². The van der Waals surface area contributed by atoms with Crippen molar-refractivity contribution >= 4 is 17.7 Å². The topological polar surface area (TPSA) is 45.2 Å². The molecular weight excluding hydrogens is 318 g/mol. The van der Waals surface area contributed by atoms with Gasteiger partial charge in [-0.2, -0.15) is 0 Å². The Balaban J connectivity index is 1.99. The average Bonchev–Trinajstić information content (AvgIpc) is 2.59. The minimum atomic E-state index is -0.0682. The molecule has 1 heterocycles. The first-order valence-corrected chi connectivity index (χ1v) is 9.13. The molecule has 0 aliphatic rings. The molecule has 0 aliphatic carbocycles. The molecule has 0 aliphatic heterocycles. The van der Waals surface area contributed by atoms with E-state index < -0.39 is 0 Å². The van der Waals surface area contributed by atoms with Crippen LogP contribution >= 0.6 is 11.8 Å². The summed E-state index contributed by atoms with van der Waals surface area (Å²) in [6.45, 7) is 8.94.